The van der Waals surface area contributed by atoms with Gasteiger partial charge in [0.05, 0.1) is 13.7 Å². The lowest BCUT2D eigenvalue weighted by Crippen LogP contribution is -2.46. The van der Waals surface area contributed by atoms with Gasteiger partial charge in [-0.15, -0.1) is 0 Å². The minimum atomic E-state index is -0.0675. The van der Waals surface area contributed by atoms with Crippen molar-refractivity contribution in [2.24, 2.45) is 11.8 Å². The van der Waals surface area contributed by atoms with Crippen molar-refractivity contribution < 1.29 is 19.0 Å². The minimum Gasteiger partial charge on any atom is -0.493 e. The first kappa shape index (κ1) is 22.7. The number of carbonyl (C=O) groups is 1. The van der Waals surface area contributed by atoms with Crippen molar-refractivity contribution in [3.8, 4) is 11.5 Å². The van der Waals surface area contributed by atoms with Crippen LogP contribution in [-0.2, 0) is 22.6 Å². The summed E-state index contributed by atoms with van der Waals surface area (Å²) in [5, 5.41) is 0. The van der Waals surface area contributed by atoms with Gasteiger partial charge in [-0.1, -0.05) is 43.7 Å². The van der Waals surface area contributed by atoms with Crippen LogP contribution in [0.25, 0.3) is 0 Å². The largest absolute Gasteiger partial charge is 0.493 e. The maximum atomic E-state index is 12.3. The number of piperidine rings is 1. The minimum absolute atomic E-state index is 0.0675. The number of fused-ring (bicyclic) bond motifs is 3. The zero-order valence-electron chi connectivity index (χ0n) is 19.5. The molecule has 3 atom stereocenters. The molecule has 0 radical (unpaired) electrons. The maximum absolute atomic E-state index is 12.3. The van der Waals surface area contributed by atoms with E-state index < -0.39 is 0 Å². The van der Waals surface area contributed by atoms with Gasteiger partial charge in [0.15, 0.2) is 11.5 Å². The van der Waals surface area contributed by atoms with Crippen LogP contribution >= 0.6 is 0 Å². The highest BCUT2D eigenvalue weighted by Crippen LogP contribution is 2.46. The first-order valence-electron chi connectivity index (χ1n) is 11.9. The molecule has 1 fully saturated rings. The highest BCUT2D eigenvalue weighted by Gasteiger charge is 2.39. The average molecular weight is 438 g/mol. The van der Waals surface area contributed by atoms with Crippen LogP contribution < -0.4 is 9.47 Å². The highest BCUT2D eigenvalue weighted by molar-refractivity contribution is 5.69. The summed E-state index contributed by atoms with van der Waals surface area (Å²) in [7, 11) is 1.70. The zero-order valence-corrected chi connectivity index (χ0v) is 19.5. The molecule has 2 aromatic carbocycles. The van der Waals surface area contributed by atoms with Crippen LogP contribution in [0.3, 0.4) is 0 Å². The van der Waals surface area contributed by atoms with Gasteiger partial charge in [0.2, 0.25) is 0 Å². The van der Waals surface area contributed by atoms with Gasteiger partial charge in [-0.3, -0.25) is 9.69 Å². The first-order chi connectivity index (χ1) is 15.6. The lowest BCUT2D eigenvalue weighted by atomic mass is 9.74. The topological polar surface area (TPSA) is 48.0 Å². The third kappa shape index (κ3) is 4.93. The monoisotopic (exact) mass is 437 g/mol. The molecule has 0 N–H and O–H groups in total. The van der Waals surface area contributed by atoms with E-state index in [4.69, 9.17) is 14.2 Å². The summed E-state index contributed by atoms with van der Waals surface area (Å²) in [6.07, 6.45) is 3.60. The van der Waals surface area contributed by atoms with Crippen LogP contribution in [0, 0.1) is 11.8 Å². The molecule has 0 saturated carbocycles. The lowest BCUT2D eigenvalue weighted by molar-refractivity contribution is -0.145. The number of hydrogen-bond donors (Lipinski definition) is 0. The molecule has 2 aliphatic rings. The summed E-state index contributed by atoms with van der Waals surface area (Å²) in [5.41, 5.74) is 3.79. The second kappa shape index (κ2) is 10.4. The summed E-state index contributed by atoms with van der Waals surface area (Å²) < 4.78 is 17.2. The summed E-state index contributed by atoms with van der Waals surface area (Å²) in [6.45, 7) is 7.15. The van der Waals surface area contributed by atoms with Crippen LogP contribution in [0.5, 0.6) is 11.5 Å². The molecular formula is C27H35NO4. The quantitative estimate of drug-likeness (QED) is 0.533. The summed E-state index contributed by atoms with van der Waals surface area (Å²) in [6, 6.07) is 14.8. The van der Waals surface area contributed by atoms with E-state index in [0.29, 0.717) is 37.5 Å². The smallest absolute Gasteiger partial charge is 0.306 e. The van der Waals surface area contributed by atoms with E-state index in [1.54, 1.807) is 7.11 Å². The van der Waals surface area contributed by atoms with Crippen molar-refractivity contribution in [2.45, 2.75) is 52.2 Å². The predicted molar refractivity (Wildman–Crippen MR) is 125 cm³/mol. The lowest BCUT2D eigenvalue weighted by Gasteiger charge is -2.47. The standard InChI is InChI=1S/C27H35NO4/c1-4-20-17-28-12-11-21-14-25(30-3)26(32-18-19-9-7-6-8-10-19)16-23(21)24(28)13-22(20)15-27(29)31-5-2/h6-10,14,16,20,22,24H,4-5,11-13,15,17-18H2,1-3H3/t20-,22+,24-/m0/s1. The number of carbonyl (C=O) groups excluding carboxylic acids is 1. The molecule has 5 heteroatoms. The molecule has 2 aliphatic heterocycles. The van der Waals surface area contributed by atoms with E-state index in [1.807, 2.05) is 25.1 Å². The fourth-order valence-electron chi connectivity index (χ4n) is 5.34. The van der Waals surface area contributed by atoms with E-state index in [9.17, 15) is 4.79 Å². The maximum Gasteiger partial charge on any atom is 0.306 e. The molecule has 2 aromatic rings. The van der Waals surface area contributed by atoms with Crippen molar-refractivity contribution >= 4 is 5.97 Å². The Morgan fingerprint density at radius 2 is 1.91 bits per heavy atom. The Labute approximate surface area is 191 Å². The van der Waals surface area contributed by atoms with Crippen molar-refractivity contribution in [2.75, 3.05) is 26.8 Å². The Morgan fingerprint density at radius 3 is 2.62 bits per heavy atom. The van der Waals surface area contributed by atoms with Gasteiger partial charge >= 0.3 is 5.97 Å². The first-order valence-corrected chi connectivity index (χ1v) is 11.9. The van der Waals surface area contributed by atoms with Crippen LogP contribution in [-0.4, -0.2) is 37.7 Å². The van der Waals surface area contributed by atoms with E-state index in [2.05, 4.69) is 36.1 Å². The van der Waals surface area contributed by atoms with E-state index in [1.165, 1.54) is 11.1 Å². The molecule has 0 bridgehead atoms. The number of benzene rings is 2. The van der Waals surface area contributed by atoms with Gasteiger partial charge in [0.25, 0.3) is 0 Å². The third-order valence-corrected chi connectivity index (χ3v) is 7.05. The molecule has 32 heavy (non-hydrogen) atoms. The number of ether oxygens (including phenoxy) is 3. The fourth-order valence-corrected chi connectivity index (χ4v) is 5.34. The molecule has 0 amide bonds. The van der Waals surface area contributed by atoms with Crippen LogP contribution in [0.1, 0.15) is 55.8 Å². The van der Waals surface area contributed by atoms with Gasteiger partial charge < -0.3 is 14.2 Å². The van der Waals surface area contributed by atoms with E-state index >= 15 is 0 Å². The molecule has 2 heterocycles. The number of rotatable bonds is 8. The Morgan fingerprint density at radius 1 is 1.09 bits per heavy atom. The van der Waals surface area contributed by atoms with Crippen molar-refractivity contribution in [3.63, 3.8) is 0 Å². The van der Waals surface area contributed by atoms with Gasteiger partial charge in [-0.25, -0.2) is 0 Å². The third-order valence-electron chi connectivity index (χ3n) is 7.05. The number of hydrogen-bond acceptors (Lipinski definition) is 5. The van der Waals surface area contributed by atoms with Crippen LogP contribution in [0.4, 0.5) is 0 Å². The molecule has 0 unspecified atom stereocenters. The molecular weight excluding hydrogens is 402 g/mol. The molecule has 0 aromatic heterocycles. The van der Waals surface area contributed by atoms with E-state index in [0.717, 1.165) is 49.4 Å². The van der Waals surface area contributed by atoms with Crippen LogP contribution in [0.15, 0.2) is 42.5 Å². The molecule has 172 valence electrons. The van der Waals surface area contributed by atoms with Crippen molar-refractivity contribution in [1.82, 2.24) is 4.90 Å². The summed E-state index contributed by atoms with van der Waals surface area (Å²) >= 11 is 0. The summed E-state index contributed by atoms with van der Waals surface area (Å²) in [5.74, 6) is 2.39. The molecule has 0 aliphatic carbocycles. The van der Waals surface area contributed by atoms with Crippen molar-refractivity contribution in [3.05, 3.63) is 59.2 Å². The highest BCUT2D eigenvalue weighted by atomic mass is 16.5. The molecule has 1 saturated heterocycles. The van der Waals surface area contributed by atoms with Gasteiger partial charge in [0, 0.05) is 25.6 Å². The molecule has 5 nitrogen and oxygen atoms in total. The molecule has 0 spiro atoms. The van der Waals surface area contributed by atoms with Gasteiger partial charge in [-0.05, 0) is 60.4 Å². The average Bonchev–Trinajstić information content (AvgIpc) is 2.82. The second-order valence-electron chi connectivity index (χ2n) is 8.91. The van der Waals surface area contributed by atoms with Gasteiger partial charge in [-0.2, -0.15) is 0 Å². The molecule has 4 rings (SSSR count). The second-order valence-corrected chi connectivity index (χ2v) is 8.91. The Bertz CT molecular complexity index is 913. The van der Waals surface area contributed by atoms with Crippen molar-refractivity contribution in [1.29, 1.82) is 0 Å². The van der Waals surface area contributed by atoms with Crippen LogP contribution in [0.2, 0.25) is 0 Å². The normalized spacial score (nSPS) is 22.5. The Kier molecular flexibility index (Phi) is 7.36. The predicted octanol–water partition coefficient (Wildman–Crippen LogP) is 5.17. The number of methoxy groups -OCH3 is 1. The van der Waals surface area contributed by atoms with Gasteiger partial charge in [0.1, 0.15) is 6.61 Å². The Hall–Kier alpha value is -2.53. The number of nitrogens with zero attached hydrogens (tertiary/aromatic N) is 1. The van der Waals surface area contributed by atoms with E-state index in [-0.39, 0.29) is 5.97 Å². The number of esters is 1. The zero-order chi connectivity index (χ0) is 22.5. The SMILES string of the molecule is CCOC(=O)C[C@H]1C[C@H]2c3cc(OCc4ccccc4)c(OC)cc3CCN2C[C@@H]1CC. The fraction of sp³-hybridized carbons (Fsp3) is 0.519. The Balaban J connectivity index is 1.58. The summed E-state index contributed by atoms with van der Waals surface area (Å²) in [4.78, 5) is 14.9.